The minimum Gasteiger partial charge on any atom is -0.324 e. The maximum absolute atomic E-state index is 6.02. The van der Waals surface area contributed by atoms with Gasteiger partial charge in [-0.15, -0.1) is 0 Å². The summed E-state index contributed by atoms with van der Waals surface area (Å²) in [6.07, 6.45) is 9.31. The molecule has 0 amide bonds. The number of aromatic nitrogens is 3. The van der Waals surface area contributed by atoms with Crippen molar-refractivity contribution in [3.8, 4) is 0 Å². The summed E-state index contributed by atoms with van der Waals surface area (Å²) in [6.45, 7) is 0. The van der Waals surface area contributed by atoms with Crippen molar-refractivity contribution in [2.45, 2.75) is 12.5 Å². The van der Waals surface area contributed by atoms with Gasteiger partial charge in [-0.2, -0.15) is 0 Å². The van der Waals surface area contributed by atoms with Crippen molar-refractivity contribution in [1.82, 2.24) is 15.0 Å². The van der Waals surface area contributed by atoms with Gasteiger partial charge in [-0.1, -0.05) is 6.07 Å². The predicted octanol–water partition coefficient (Wildman–Crippen LogP) is 1.11. The lowest BCUT2D eigenvalue weighted by atomic mass is 10.0. The lowest BCUT2D eigenvalue weighted by molar-refractivity contribution is 0.710. The van der Waals surface area contributed by atoms with Crippen molar-refractivity contribution >= 4 is 0 Å². The van der Waals surface area contributed by atoms with Gasteiger partial charge in [-0.25, -0.2) is 9.97 Å². The molecule has 2 heterocycles. The molecule has 0 saturated carbocycles. The molecule has 15 heavy (non-hydrogen) atoms. The van der Waals surface area contributed by atoms with Crippen LogP contribution < -0.4 is 5.73 Å². The van der Waals surface area contributed by atoms with E-state index in [1.165, 1.54) is 6.33 Å². The predicted molar refractivity (Wildman–Crippen MR) is 56.9 cm³/mol. The Morgan fingerprint density at radius 3 is 2.60 bits per heavy atom. The molecule has 1 unspecified atom stereocenters. The van der Waals surface area contributed by atoms with Crippen molar-refractivity contribution in [3.63, 3.8) is 0 Å². The van der Waals surface area contributed by atoms with E-state index in [4.69, 9.17) is 5.73 Å². The zero-order chi connectivity index (χ0) is 10.5. The van der Waals surface area contributed by atoms with Crippen LogP contribution in [0.5, 0.6) is 0 Å². The molecule has 0 saturated heterocycles. The Bertz CT molecular complexity index is 401. The molecule has 4 heteroatoms. The molecule has 2 aromatic rings. The average molecular weight is 200 g/mol. The zero-order valence-electron chi connectivity index (χ0n) is 8.24. The highest BCUT2D eigenvalue weighted by Crippen LogP contribution is 2.12. The molecule has 0 aliphatic carbocycles. The third-order valence-electron chi connectivity index (χ3n) is 2.19. The van der Waals surface area contributed by atoms with Gasteiger partial charge in [-0.05, 0) is 18.1 Å². The average Bonchev–Trinajstić information content (AvgIpc) is 2.31. The van der Waals surface area contributed by atoms with Crippen LogP contribution in [0.2, 0.25) is 0 Å². The van der Waals surface area contributed by atoms with E-state index in [1.807, 2.05) is 18.3 Å². The van der Waals surface area contributed by atoms with Crippen LogP contribution in [0.3, 0.4) is 0 Å². The van der Waals surface area contributed by atoms with Gasteiger partial charge in [0.2, 0.25) is 0 Å². The van der Waals surface area contributed by atoms with E-state index in [0.717, 1.165) is 17.5 Å². The second kappa shape index (κ2) is 4.61. The first-order chi connectivity index (χ1) is 7.36. The van der Waals surface area contributed by atoms with Crippen molar-refractivity contribution in [1.29, 1.82) is 0 Å². The van der Waals surface area contributed by atoms with Gasteiger partial charge >= 0.3 is 0 Å². The van der Waals surface area contributed by atoms with Crippen LogP contribution in [0.15, 0.2) is 43.2 Å². The van der Waals surface area contributed by atoms with Crippen molar-refractivity contribution in [3.05, 3.63) is 54.4 Å². The maximum Gasteiger partial charge on any atom is 0.115 e. The highest BCUT2D eigenvalue weighted by molar-refractivity contribution is 5.16. The molecular formula is C11H12N4. The minimum atomic E-state index is -0.0737. The Balaban J connectivity index is 2.08. The molecule has 0 aromatic carbocycles. The molecule has 4 nitrogen and oxygen atoms in total. The summed E-state index contributed by atoms with van der Waals surface area (Å²) in [5, 5.41) is 0. The molecule has 2 rings (SSSR count). The van der Waals surface area contributed by atoms with E-state index < -0.39 is 0 Å². The molecule has 0 aliphatic heterocycles. The molecule has 0 bridgehead atoms. The highest BCUT2D eigenvalue weighted by Gasteiger charge is 2.06. The monoisotopic (exact) mass is 200 g/mol. The highest BCUT2D eigenvalue weighted by atomic mass is 14.8. The Morgan fingerprint density at radius 2 is 1.93 bits per heavy atom. The van der Waals surface area contributed by atoms with Crippen LogP contribution in [0.1, 0.15) is 17.2 Å². The van der Waals surface area contributed by atoms with Crippen LogP contribution in [0.25, 0.3) is 0 Å². The third kappa shape index (κ3) is 2.57. The fourth-order valence-corrected chi connectivity index (χ4v) is 1.39. The Labute approximate surface area is 88.2 Å². The van der Waals surface area contributed by atoms with E-state index in [1.54, 1.807) is 18.6 Å². The summed E-state index contributed by atoms with van der Waals surface area (Å²) < 4.78 is 0. The smallest absolute Gasteiger partial charge is 0.115 e. The minimum absolute atomic E-state index is 0.0737. The molecule has 2 N–H and O–H groups in total. The number of nitrogens with zero attached hydrogens (tertiary/aromatic N) is 3. The number of hydrogen-bond acceptors (Lipinski definition) is 4. The van der Waals surface area contributed by atoms with Gasteiger partial charge in [-0.3, -0.25) is 4.98 Å². The first-order valence-corrected chi connectivity index (χ1v) is 4.75. The normalized spacial score (nSPS) is 12.3. The maximum atomic E-state index is 6.02. The van der Waals surface area contributed by atoms with Crippen LogP contribution in [-0.4, -0.2) is 15.0 Å². The molecule has 2 aromatic heterocycles. The van der Waals surface area contributed by atoms with E-state index in [9.17, 15) is 0 Å². The van der Waals surface area contributed by atoms with Crippen LogP contribution in [0.4, 0.5) is 0 Å². The SMILES string of the molecule is NC(Cc1cccnc1)c1cncnc1. The lowest BCUT2D eigenvalue weighted by Gasteiger charge is -2.10. The summed E-state index contributed by atoms with van der Waals surface area (Å²) in [7, 11) is 0. The second-order valence-corrected chi connectivity index (χ2v) is 3.34. The second-order valence-electron chi connectivity index (χ2n) is 3.34. The largest absolute Gasteiger partial charge is 0.324 e. The molecule has 0 aliphatic rings. The topological polar surface area (TPSA) is 64.7 Å². The molecule has 1 atom stereocenters. The van der Waals surface area contributed by atoms with E-state index in [2.05, 4.69) is 15.0 Å². The van der Waals surface area contributed by atoms with Crippen molar-refractivity contribution in [2.75, 3.05) is 0 Å². The first kappa shape index (κ1) is 9.73. The Morgan fingerprint density at radius 1 is 1.13 bits per heavy atom. The van der Waals surface area contributed by atoms with Gasteiger partial charge in [0, 0.05) is 36.4 Å². The summed E-state index contributed by atoms with van der Waals surface area (Å²) >= 11 is 0. The Hall–Kier alpha value is -1.81. The first-order valence-electron chi connectivity index (χ1n) is 4.75. The van der Waals surface area contributed by atoms with E-state index >= 15 is 0 Å². The van der Waals surface area contributed by atoms with Crippen LogP contribution in [0, 0.1) is 0 Å². The summed E-state index contributed by atoms with van der Waals surface area (Å²) in [4.78, 5) is 11.9. The molecule has 0 fully saturated rings. The van der Waals surface area contributed by atoms with Crippen molar-refractivity contribution < 1.29 is 0 Å². The summed E-state index contributed by atoms with van der Waals surface area (Å²) in [5.74, 6) is 0. The zero-order valence-corrected chi connectivity index (χ0v) is 8.24. The van der Waals surface area contributed by atoms with Gasteiger partial charge < -0.3 is 5.73 Å². The number of pyridine rings is 1. The van der Waals surface area contributed by atoms with Crippen LogP contribution >= 0.6 is 0 Å². The quantitative estimate of drug-likeness (QED) is 0.806. The molecule has 0 radical (unpaired) electrons. The van der Waals surface area contributed by atoms with Crippen LogP contribution in [-0.2, 0) is 6.42 Å². The number of nitrogens with two attached hydrogens (primary N) is 1. The fraction of sp³-hybridized carbons (Fsp3) is 0.182. The van der Waals surface area contributed by atoms with E-state index in [-0.39, 0.29) is 6.04 Å². The van der Waals surface area contributed by atoms with Gasteiger partial charge in [0.05, 0.1) is 0 Å². The molecule has 0 spiro atoms. The summed E-state index contributed by atoms with van der Waals surface area (Å²) in [5.41, 5.74) is 8.08. The van der Waals surface area contributed by atoms with Gasteiger partial charge in [0.15, 0.2) is 0 Å². The fourth-order valence-electron chi connectivity index (χ4n) is 1.39. The number of rotatable bonds is 3. The lowest BCUT2D eigenvalue weighted by Crippen LogP contribution is -2.13. The molecular weight excluding hydrogens is 188 g/mol. The third-order valence-corrected chi connectivity index (χ3v) is 2.19. The van der Waals surface area contributed by atoms with E-state index in [0.29, 0.717) is 0 Å². The summed E-state index contributed by atoms with van der Waals surface area (Å²) in [6, 6.07) is 3.84. The molecule has 76 valence electrons. The van der Waals surface area contributed by atoms with Crippen molar-refractivity contribution in [2.24, 2.45) is 5.73 Å². The number of hydrogen-bond donors (Lipinski definition) is 1. The Kier molecular flexibility index (Phi) is 2.99. The van der Waals surface area contributed by atoms with Gasteiger partial charge in [0.1, 0.15) is 6.33 Å². The standard InChI is InChI=1S/C11H12N4/c12-11(10-6-14-8-15-7-10)4-9-2-1-3-13-5-9/h1-3,5-8,11H,4,12H2. The van der Waals surface area contributed by atoms with Gasteiger partial charge in [0.25, 0.3) is 0 Å².